The van der Waals surface area contributed by atoms with E-state index in [1.165, 1.54) is 56.2 Å². The number of allylic oxidation sites excluding steroid dienone is 5. The molecular weight excluding hydrogens is 562 g/mol. The van der Waals surface area contributed by atoms with Crippen LogP contribution in [0.15, 0.2) is 69.5 Å². The minimum atomic E-state index is -0.223. The maximum Gasteiger partial charge on any atom is 0.133 e. The molecule has 8 heteroatoms. The molecule has 0 aliphatic carbocycles. The smallest absolute Gasteiger partial charge is 0.133 e. The highest BCUT2D eigenvalue weighted by Gasteiger charge is 2.40. The van der Waals surface area contributed by atoms with Crippen molar-refractivity contribution in [3.05, 3.63) is 80.4 Å². The van der Waals surface area contributed by atoms with Crippen LogP contribution in [-0.4, -0.2) is 20.8 Å². The van der Waals surface area contributed by atoms with Crippen molar-refractivity contribution in [2.45, 2.75) is 91.4 Å². The first-order valence-electron chi connectivity index (χ1n) is 15.4. The number of halogens is 1. The van der Waals surface area contributed by atoms with Gasteiger partial charge < -0.3 is 9.64 Å². The summed E-state index contributed by atoms with van der Waals surface area (Å²) in [6.07, 6.45) is 13.6. The third kappa shape index (κ3) is 8.71. The van der Waals surface area contributed by atoms with Crippen molar-refractivity contribution in [2.24, 2.45) is 5.18 Å². The maximum absolute atomic E-state index is 11.2. The van der Waals surface area contributed by atoms with E-state index < -0.39 is 0 Å². The van der Waals surface area contributed by atoms with Crippen molar-refractivity contribution in [2.75, 3.05) is 31.1 Å². The van der Waals surface area contributed by atoms with Crippen molar-refractivity contribution in [3.8, 4) is 5.75 Å². The Morgan fingerprint density at radius 1 is 1.02 bits per heavy atom. The number of unbranched alkanes of at least 4 members (excludes halogenated alkanes) is 5. The van der Waals surface area contributed by atoms with E-state index in [4.69, 9.17) is 21.3 Å². The molecule has 3 rings (SSSR count). The number of benzene rings is 2. The molecule has 0 unspecified atom stereocenters. The molecule has 7 nitrogen and oxygen atoms in total. The molecule has 0 spiro atoms. The summed E-state index contributed by atoms with van der Waals surface area (Å²) in [6, 6.07) is 11.7. The van der Waals surface area contributed by atoms with Gasteiger partial charge in [-0.2, -0.15) is 0 Å². The van der Waals surface area contributed by atoms with E-state index in [0.29, 0.717) is 5.69 Å². The summed E-state index contributed by atoms with van der Waals surface area (Å²) >= 11 is 7.16. The Morgan fingerprint density at radius 3 is 2.44 bits per heavy atom. The molecule has 1 N–H and O–H groups in total. The fraction of sp³-hybridized carbons (Fsp3) is 0.486. The zero-order chi connectivity index (χ0) is 31.4. The summed E-state index contributed by atoms with van der Waals surface area (Å²) in [5, 5.41) is 3.77. The Labute approximate surface area is 262 Å². The van der Waals surface area contributed by atoms with Crippen LogP contribution in [0.4, 0.5) is 17.1 Å². The number of nitrogens with one attached hydrogen (secondary N) is 1. The van der Waals surface area contributed by atoms with Gasteiger partial charge in [0, 0.05) is 28.4 Å². The highest BCUT2D eigenvalue weighted by atomic mass is 35.5. The summed E-state index contributed by atoms with van der Waals surface area (Å²) in [7, 11) is 3.09. The fourth-order valence-corrected chi connectivity index (χ4v) is 5.87. The number of anilines is 2. The molecule has 1 aliphatic heterocycles. The van der Waals surface area contributed by atoms with Gasteiger partial charge in [-0.05, 0) is 83.6 Å². The topological polar surface area (TPSA) is 72.4 Å². The molecule has 0 saturated carbocycles. The molecule has 43 heavy (non-hydrogen) atoms. The van der Waals surface area contributed by atoms with Gasteiger partial charge in [0.05, 0.1) is 19.9 Å². The first-order chi connectivity index (χ1) is 20.7. The van der Waals surface area contributed by atoms with Gasteiger partial charge in [-0.3, -0.25) is 0 Å². The molecule has 0 atom stereocenters. The van der Waals surface area contributed by atoms with Gasteiger partial charge in [-0.1, -0.05) is 90.0 Å². The second kappa shape index (κ2) is 16.6. The molecule has 0 fully saturated rings. The van der Waals surface area contributed by atoms with Crippen LogP contribution in [0.25, 0.3) is 6.08 Å². The Morgan fingerprint density at radius 2 is 1.77 bits per heavy atom. The van der Waals surface area contributed by atoms with Gasteiger partial charge in [-0.15, -0.1) is 9.90 Å². The van der Waals surface area contributed by atoms with Gasteiger partial charge >= 0.3 is 0 Å². The van der Waals surface area contributed by atoms with Gasteiger partial charge in [0.1, 0.15) is 11.4 Å². The van der Waals surface area contributed by atoms with Gasteiger partial charge in [0.2, 0.25) is 0 Å². The van der Waals surface area contributed by atoms with Gasteiger partial charge in [0.15, 0.2) is 0 Å². The van der Waals surface area contributed by atoms with Crippen LogP contribution < -0.4 is 15.1 Å². The van der Waals surface area contributed by atoms with Crippen molar-refractivity contribution in [3.63, 3.8) is 0 Å². The van der Waals surface area contributed by atoms with E-state index >= 15 is 0 Å². The number of rotatable bonds is 17. The quantitative estimate of drug-likeness (QED) is 0.0632. The van der Waals surface area contributed by atoms with E-state index in [1.807, 2.05) is 19.1 Å². The number of ether oxygens (including phenoxy) is 1. The molecular formula is C35H48ClN3O4. The molecule has 0 aromatic heterocycles. The third-order valence-electron chi connectivity index (χ3n) is 8.03. The van der Waals surface area contributed by atoms with Crippen molar-refractivity contribution in [1.29, 1.82) is 0 Å². The second-order valence-electron chi connectivity index (χ2n) is 11.6. The number of hydrogen-bond acceptors (Lipinski definition) is 7. The van der Waals surface area contributed by atoms with Gasteiger partial charge in [-0.25, -0.2) is 10.4 Å². The molecule has 0 bridgehead atoms. The fourth-order valence-electron chi connectivity index (χ4n) is 5.67. The van der Waals surface area contributed by atoms with E-state index in [1.54, 1.807) is 19.2 Å². The molecule has 234 valence electrons. The molecule has 1 aliphatic rings. The van der Waals surface area contributed by atoms with Crippen LogP contribution >= 0.6 is 11.6 Å². The lowest BCUT2D eigenvalue weighted by atomic mass is 9.82. The average Bonchev–Trinajstić information content (AvgIpc) is 3.21. The zero-order valence-corrected chi connectivity index (χ0v) is 27.6. The molecule has 0 radical (unpaired) electrons. The monoisotopic (exact) mass is 609 g/mol. The summed E-state index contributed by atoms with van der Waals surface area (Å²) in [5.74, 6) is 0.870. The maximum atomic E-state index is 11.2. The Balaban J connectivity index is 2.03. The SMILES string of the molecule is CCCCCCCCN1/C(=C/C(CCC)=C(Cl)/C(C)=C/c2ccc(N=O)c(NOOC)c2)C(C)(C)c2cc(OC)ccc21. The number of methoxy groups -OCH3 is 1. The van der Waals surface area contributed by atoms with Crippen LogP contribution in [0.5, 0.6) is 5.75 Å². The summed E-state index contributed by atoms with van der Waals surface area (Å²) in [5.41, 5.74) is 9.62. The van der Waals surface area contributed by atoms with E-state index in [0.717, 1.165) is 53.3 Å². The predicted octanol–water partition coefficient (Wildman–Crippen LogP) is 10.7. The van der Waals surface area contributed by atoms with Crippen LogP contribution in [0.2, 0.25) is 0 Å². The number of hydrogen-bond donors (Lipinski definition) is 1. The summed E-state index contributed by atoms with van der Waals surface area (Å²) < 4.78 is 5.61. The second-order valence-corrected chi connectivity index (χ2v) is 12.0. The van der Waals surface area contributed by atoms with Crippen molar-refractivity contribution < 1.29 is 14.6 Å². The highest BCUT2D eigenvalue weighted by Crippen LogP contribution is 2.50. The first kappa shape index (κ1) is 34.4. The van der Waals surface area contributed by atoms with Crippen LogP contribution in [0, 0.1) is 4.91 Å². The van der Waals surface area contributed by atoms with Crippen LogP contribution in [0.1, 0.15) is 97.1 Å². The lowest BCUT2D eigenvalue weighted by Crippen LogP contribution is -2.27. The molecule has 2 aromatic rings. The lowest BCUT2D eigenvalue weighted by molar-refractivity contribution is -0.248. The Hall–Kier alpha value is -3.13. The minimum absolute atomic E-state index is 0.218. The number of nitrogens with zero attached hydrogens (tertiary/aromatic N) is 2. The Kier molecular flexibility index (Phi) is 13.3. The molecule has 0 amide bonds. The zero-order valence-electron chi connectivity index (χ0n) is 26.9. The largest absolute Gasteiger partial charge is 0.497 e. The Bertz CT molecular complexity index is 1330. The standard InChI is InChI=1S/C35H48ClN3O4/c1-8-10-11-12-13-14-20-39-32-19-17-28(41-6)24-29(32)35(4,5)33(39)23-27(15-9-2)34(36)25(3)21-26-16-18-30(37-40)31(22-26)38-43-42-7/h16-19,21-24,38H,8-15,20H2,1-7H3/b25-21+,33-23+,34-27-. The van der Waals surface area contributed by atoms with Crippen LogP contribution in [0.3, 0.4) is 0 Å². The van der Waals surface area contributed by atoms with E-state index in [-0.39, 0.29) is 11.1 Å². The highest BCUT2D eigenvalue weighted by molar-refractivity contribution is 6.32. The van der Waals surface area contributed by atoms with Crippen LogP contribution in [-0.2, 0) is 15.3 Å². The first-order valence-corrected chi connectivity index (χ1v) is 15.8. The van der Waals surface area contributed by atoms with E-state index in [2.05, 4.69) is 72.4 Å². The summed E-state index contributed by atoms with van der Waals surface area (Å²) in [6.45, 7) is 12.0. The summed E-state index contributed by atoms with van der Waals surface area (Å²) in [4.78, 5) is 23.2. The van der Waals surface area contributed by atoms with E-state index in [9.17, 15) is 4.91 Å². The van der Waals surface area contributed by atoms with Crippen molar-refractivity contribution >= 4 is 34.7 Å². The molecule has 1 heterocycles. The molecule has 0 saturated heterocycles. The number of fused-ring (bicyclic) bond motifs is 1. The van der Waals surface area contributed by atoms with Crippen molar-refractivity contribution in [1.82, 2.24) is 0 Å². The lowest BCUT2D eigenvalue weighted by Gasteiger charge is -2.28. The van der Waals surface area contributed by atoms with Gasteiger partial charge in [0.25, 0.3) is 0 Å². The average molecular weight is 610 g/mol. The molecule has 2 aromatic carbocycles. The predicted molar refractivity (Wildman–Crippen MR) is 180 cm³/mol. The number of nitroso groups, excluding NO2 is 1. The normalized spacial score (nSPS) is 15.9. The third-order valence-corrected chi connectivity index (χ3v) is 8.57. The minimum Gasteiger partial charge on any atom is -0.497 e.